The number of hydrogen-bond donors (Lipinski definition) is 1. The first-order valence-corrected chi connectivity index (χ1v) is 7.29. The summed E-state index contributed by atoms with van der Waals surface area (Å²) in [4.78, 5) is 10.2. The molecule has 1 aromatic carbocycles. The molecule has 21 heavy (non-hydrogen) atoms. The van der Waals surface area contributed by atoms with E-state index in [1.165, 1.54) is 12.8 Å². The summed E-state index contributed by atoms with van der Waals surface area (Å²) in [5, 5.41) is 0. The van der Waals surface area contributed by atoms with E-state index >= 15 is 0 Å². The summed E-state index contributed by atoms with van der Waals surface area (Å²) in [5.74, 6) is 1.24. The van der Waals surface area contributed by atoms with Crippen molar-refractivity contribution in [2.24, 2.45) is 5.92 Å². The van der Waals surface area contributed by atoms with Crippen LogP contribution < -0.4 is 10.2 Å². The highest BCUT2D eigenvalue weighted by atomic mass is 16.6. The molecule has 4 heteroatoms. The molecule has 0 spiro atoms. The minimum Gasteiger partial charge on any atom is -0.481 e. The zero-order valence-corrected chi connectivity index (χ0v) is 12.2. The summed E-state index contributed by atoms with van der Waals surface area (Å²) in [6.07, 6.45) is 2.43. The molecule has 1 aromatic heterocycles. The van der Waals surface area contributed by atoms with Crippen LogP contribution in [0.5, 0.6) is 5.88 Å². The van der Waals surface area contributed by atoms with Crippen molar-refractivity contribution in [3.05, 3.63) is 59.8 Å². The normalized spacial score (nSPS) is 15.7. The minimum absolute atomic E-state index is 0.129. The monoisotopic (exact) mass is 284 g/mol. The summed E-state index contributed by atoms with van der Waals surface area (Å²) in [5.41, 5.74) is 5.31. The molecule has 1 aliphatic rings. The summed E-state index contributed by atoms with van der Waals surface area (Å²) in [7, 11) is 1.64. The number of nitrogens with one attached hydrogen (secondary N) is 1. The number of aromatic nitrogens is 1. The maximum absolute atomic E-state index is 5.68. The highest BCUT2D eigenvalue weighted by molar-refractivity contribution is 5.19. The molecule has 1 fully saturated rings. The van der Waals surface area contributed by atoms with E-state index in [0.717, 1.165) is 11.3 Å². The number of benzene rings is 1. The van der Waals surface area contributed by atoms with E-state index in [1.54, 1.807) is 7.11 Å². The number of methoxy groups -OCH3 is 1. The van der Waals surface area contributed by atoms with E-state index in [1.807, 2.05) is 36.4 Å². The lowest BCUT2D eigenvalue weighted by Crippen LogP contribution is -2.24. The van der Waals surface area contributed by atoms with Crippen LogP contribution in [0.25, 0.3) is 0 Å². The van der Waals surface area contributed by atoms with E-state index in [2.05, 4.69) is 22.6 Å². The van der Waals surface area contributed by atoms with E-state index in [4.69, 9.17) is 9.57 Å². The molecule has 0 aliphatic heterocycles. The largest absolute Gasteiger partial charge is 0.481 e. The van der Waals surface area contributed by atoms with Crippen LogP contribution in [0.2, 0.25) is 0 Å². The van der Waals surface area contributed by atoms with Crippen molar-refractivity contribution in [2.75, 3.05) is 7.11 Å². The fraction of sp³-hybridized carbons (Fsp3) is 0.353. The van der Waals surface area contributed by atoms with Crippen LogP contribution in [0, 0.1) is 5.92 Å². The van der Waals surface area contributed by atoms with E-state index in [9.17, 15) is 0 Å². The standard InChI is InChI=1S/C17H20N2O2/c1-20-16-9-5-8-15(18-16)17(14-10-11-14)19-21-12-13-6-3-2-4-7-13/h2-9,14,17,19H,10-12H2,1H3. The van der Waals surface area contributed by atoms with Gasteiger partial charge in [0.15, 0.2) is 0 Å². The molecule has 4 nitrogen and oxygen atoms in total. The summed E-state index contributed by atoms with van der Waals surface area (Å²) in [6, 6.07) is 16.1. The second kappa shape index (κ2) is 6.70. The van der Waals surface area contributed by atoms with Crippen LogP contribution in [0.4, 0.5) is 0 Å². The minimum atomic E-state index is 0.129. The van der Waals surface area contributed by atoms with Crippen molar-refractivity contribution in [2.45, 2.75) is 25.5 Å². The van der Waals surface area contributed by atoms with Gasteiger partial charge in [-0.15, -0.1) is 0 Å². The van der Waals surface area contributed by atoms with E-state index in [0.29, 0.717) is 18.4 Å². The molecule has 1 aliphatic carbocycles. The molecule has 1 N–H and O–H groups in total. The van der Waals surface area contributed by atoms with Gasteiger partial charge < -0.3 is 4.74 Å². The molecular formula is C17H20N2O2. The van der Waals surface area contributed by atoms with Crippen molar-refractivity contribution >= 4 is 0 Å². The van der Waals surface area contributed by atoms with E-state index < -0.39 is 0 Å². The van der Waals surface area contributed by atoms with E-state index in [-0.39, 0.29) is 6.04 Å². The number of hydroxylamine groups is 1. The molecule has 1 atom stereocenters. The third kappa shape index (κ3) is 3.80. The first kappa shape index (κ1) is 14.0. The maximum atomic E-state index is 5.68. The number of nitrogens with zero attached hydrogens (tertiary/aromatic N) is 1. The van der Waals surface area contributed by atoms with Crippen LogP contribution >= 0.6 is 0 Å². The zero-order valence-electron chi connectivity index (χ0n) is 12.2. The Morgan fingerprint density at radius 1 is 1.14 bits per heavy atom. The average Bonchev–Trinajstić information content (AvgIpc) is 3.37. The topological polar surface area (TPSA) is 43.4 Å². The van der Waals surface area contributed by atoms with Gasteiger partial charge >= 0.3 is 0 Å². The molecule has 2 aromatic rings. The quantitative estimate of drug-likeness (QED) is 0.793. The highest BCUT2D eigenvalue weighted by Crippen LogP contribution is 2.40. The summed E-state index contributed by atoms with van der Waals surface area (Å²) >= 11 is 0. The SMILES string of the molecule is COc1cccc(C(NOCc2ccccc2)C2CC2)n1. The van der Waals surface area contributed by atoms with Gasteiger partial charge in [0, 0.05) is 6.07 Å². The number of pyridine rings is 1. The van der Waals surface area contributed by atoms with Gasteiger partial charge in [0.2, 0.25) is 5.88 Å². The van der Waals surface area contributed by atoms with Gasteiger partial charge in [0.05, 0.1) is 25.5 Å². The van der Waals surface area contributed by atoms with Crippen molar-refractivity contribution in [1.82, 2.24) is 10.5 Å². The molecule has 0 amide bonds. The van der Waals surface area contributed by atoms with Crippen molar-refractivity contribution < 1.29 is 9.57 Å². The Bertz CT molecular complexity index is 570. The first-order chi connectivity index (χ1) is 10.4. The van der Waals surface area contributed by atoms with Gasteiger partial charge in [-0.25, -0.2) is 4.98 Å². The average molecular weight is 284 g/mol. The van der Waals surface area contributed by atoms with Crippen molar-refractivity contribution in [3.63, 3.8) is 0 Å². The van der Waals surface area contributed by atoms with Crippen molar-refractivity contribution in [3.8, 4) is 5.88 Å². The molecule has 1 unspecified atom stereocenters. The summed E-state index contributed by atoms with van der Waals surface area (Å²) in [6.45, 7) is 0.550. The molecule has 0 bridgehead atoms. The van der Waals surface area contributed by atoms with Gasteiger partial charge in [0.1, 0.15) is 0 Å². The predicted molar refractivity (Wildman–Crippen MR) is 80.6 cm³/mol. The van der Waals surface area contributed by atoms with Crippen LogP contribution in [0.1, 0.15) is 30.1 Å². The lowest BCUT2D eigenvalue weighted by molar-refractivity contribution is -0.00333. The lowest BCUT2D eigenvalue weighted by Gasteiger charge is -2.18. The third-order valence-electron chi connectivity index (χ3n) is 3.66. The summed E-state index contributed by atoms with van der Waals surface area (Å²) < 4.78 is 5.20. The second-order valence-electron chi connectivity index (χ2n) is 5.31. The zero-order chi connectivity index (χ0) is 14.5. The van der Waals surface area contributed by atoms with Crippen LogP contribution in [-0.4, -0.2) is 12.1 Å². The Hall–Kier alpha value is -1.91. The number of ether oxygens (including phenoxy) is 1. The molecule has 1 saturated carbocycles. The predicted octanol–water partition coefficient (Wildman–Crippen LogP) is 3.26. The maximum Gasteiger partial charge on any atom is 0.213 e. The first-order valence-electron chi connectivity index (χ1n) is 7.29. The molecule has 0 saturated heterocycles. The highest BCUT2D eigenvalue weighted by Gasteiger charge is 2.33. The van der Waals surface area contributed by atoms with Crippen LogP contribution in [0.15, 0.2) is 48.5 Å². The van der Waals surface area contributed by atoms with Gasteiger partial charge in [0.25, 0.3) is 0 Å². The fourth-order valence-electron chi connectivity index (χ4n) is 2.33. The Labute approximate surface area is 125 Å². The van der Waals surface area contributed by atoms with Crippen molar-refractivity contribution in [1.29, 1.82) is 0 Å². The van der Waals surface area contributed by atoms with Gasteiger partial charge in [-0.3, -0.25) is 4.84 Å². The molecule has 0 radical (unpaired) electrons. The van der Waals surface area contributed by atoms with Crippen LogP contribution in [-0.2, 0) is 11.4 Å². The molecule has 1 heterocycles. The van der Waals surface area contributed by atoms with Gasteiger partial charge in [-0.2, -0.15) is 5.48 Å². The smallest absolute Gasteiger partial charge is 0.213 e. The van der Waals surface area contributed by atoms with Gasteiger partial charge in [-0.1, -0.05) is 36.4 Å². The number of rotatable bonds is 7. The Morgan fingerprint density at radius 2 is 1.95 bits per heavy atom. The third-order valence-corrected chi connectivity index (χ3v) is 3.66. The molecular weight excluding hydrogens is 264 g/mol. The lowest BCUT2D eigenvalue weighted by atomic mass is 10.1. The van der Waals surface area contributed by atoms with Crippen LogP contribution in [0.3, 0.4) is 0 Å². The molecule has 3 rings (SSSR count). The Morgan fingerprint density at radius 3 is 2.67 bits per heavy atom. The van der Waals surface area contributed by atoms with Gasteiger partial charge in [-0.05, 0) is 30.4 Å². The second-order valence-corrected chi connectivity index (χ2v) is 5.31. The number of hydrogen-bond acceptors (Lipinski definition) is 4. The molecule has 110 valence electrons. The Kier molecular flexibility index (Phi) is 4.48. The fourth-order valence-corrected chi connectivity index (χ4v) is 2.33. The Balaban J connectivity index is 1.62.